The minimum absolute atomic E-state index is 0.155. The Hall–Kier alpha value is -4.17. The van der Waals surface area contributed by atoms with Gasteiger partial charge in [-0.25, -0.2) is 0 Å². The molecule has 176 valence electrons. The number of carbonyl (C=O) groups excluding carboxylic acids is 1. The fourth-order valence-electron chi connectivity index (χ4n) is 4.04. The first-order chi connectivity index (χ1) is 17.0. The summed E-state index contributed by atoms with van der Waals surface area (Å²) in [6, 6.07) is 21.8. The van der Waals surface area contributed by atoms with Crippen molar-refractivity contribution >= 4 is 39.9 Å². The molecule has 2 heterocycles. The van der Waals surface area contributed by atoms with Crippen LogP contribution in [0.4, 0.5) is 5.69 Å². The molecule has 8 nitrogen and oxygen atoms in total. The smallest absolute Gasteiger partial charge is 0.263 e. The normalized spacial score (nSPS) is 11.1. The monoisotopic (exact) mass is 487 g/mol. The van der Waals surface area contributed by atoms with E-state index in [4.69, 9.17) is 16.3 Å². The van der Waals surface area contributed by atoms with Gasteiger partial charge >= 0.3 is 0 Å². The number of aryl methyl sites for hydroxylation is 1. The molecule has 5 rings (SSSR count). The minimum Gasteiger partial charge on any atom is -0.497 e. The maximum absolute atomic E-state index is 13.3. The van der Waals surface area contributed by atoms with Gasteiger partial charge in [0.2, 0.25) is 11.7 Å². The summed E-state index contributed by atoms with van der Waals surface area (Å²) in [5, 5.41) is 12.7. The number of halogens is 1. The maximum Gasteiger partial charge on any atom is 0.263 e. The molecule has 1 amide bonds. The number of nitrogens with one attached hydrogen (secondary N) is 1. The van der Waals surface area contributed by atoms with Crippen LogP contribution in [-0.2, 0) is 17.8 Å². The average molecular weight is 488 g/mol. The lowest BCUT2D eigenvalue weighted by Gasteiger charge is -2.12. The zero-order valence-corrected chi connectivity index (χ0v) is 19.7. The highest BCUT2D eigenvalue weighted by atomic mass is 35.5. The predicted molar refractivity (Wildman–Crippen MR) is 135 cm³/mol. The van der Waals surface area contributed by atoms with Crippen molar-refractivity contribution in [2.24, 2.45) is 0 Å². The molecule has 0 aliphatic carbocycles. The molecule has 0 atom stereocenters. The van der Waals surface area contributed by atoms with Gasteiger partial charge in [-0.3, -0.25) is 18.6 Å². The number of nitrogens with zero attached hydrogens (tertiary/aromatic N) is 4. The SMILES string of the molecule is COc1cccc(NC(=O)CCc2nnc3n(Cc4ccc(Cl)cc4)c(=O)c4ccccc4n23)c1. The quantitative estimate of drug-likeness (QED) is 0.369. The molecular weight excluding hydrogens is 466 g/mol. The van der Waals surface area contributed by atoms with Gasteiger partial charge in [0.25, 0.3) is 5.56 Å². The Morgan fingerprint density at radius 3 is 2.63 bits per heavy atom. The number of aromatic nitrogens is 4. The van der Waals surface area contributed by atoms with Crippen LogP contribution < -0.4 is 15.6 Å². The fraction of sp³-hybridized carbons (Fsp3) is 0.154. The molecular formula is C26H22ClN5O3. The van der Waals surface area contributed by atoms with Crippen molar-refractivity contribution in [3.8, 4) is 5.75 Å². The van der Waals surface area contributed by atoms with Crippen molar-refractivity contribution in [1.29, 1.82) is 0 Å². The van der Waals surface area contributed by atoms with Crippen LogP contribution >= 0.6 is 11.6 Å². The molecule has 1 N–H and O–H groups in total. The van der Waals surface area contributed by atoms with E-state index >= 15 is 0 Å². The van der Waals surface area contributed by atoms with Gasteiger partial charge < -0.3 is 10.1 Å². The third-order valence-corrected chi connectivity index (χ3v) is 6.01. The van der Waals surface area contributed by atoms with Crippen LogP contribution in [0, 0.1) is 0 Å². The maximum atomic E-state index is 13.3. The molecule has 0 unspecified atom stereocenters. The molecule has 0 radical (unpaired) electrons. The Balaban J connectivity index is 1.47. The van der Waals surface area contributed by atoms with E-state index in [1.807, 2.05) is 46.9 Å². The molecule has 35 heavy (non-hydrogen) atoms. The minimum atomic E-state index is -0.159. The first-order valence-electron chi connectivity index (χ1n) is 11.1. The number of hydrogen-bond acceptors (Lipinski definition) is 5. The first-order valence-corrected chi connectivity index (χ1v) is 11.4. The number of hydrogen-bond donors (Lipinski definition) is 1. The Morgan fingerprint density at radius 1 is 1.03 bits per heavy atom. The molecule has 9 heteroatoms. The number of para-hydroxylation sites is 1. The van der Waals surface area contributed by atoms with E-state index in [1.54, 1.807) is 42.0 Å². The summed E-state index contributed by atoms with van der Waals surface area (Å²) in [5.41, 5.74) is 2.12. The molecule has 0 bridgehead atoms. The second-order valence-electron chi connectivity index (χ2n) is 8.07. The molecule has 0 fully saturated rings. The van der Waals surface area contributed by atoms with Crippen LogP contribution in [-0.4, -0.2) is 32.2 Å². The molecule has 0 aliphatic rings. The van der Waals surface area contributed by atoms with Crippen molar-refractivity contribution in [2.45, 2.75) is 19.4 Å². The van der Waals surface area contributed by atoms with Gasteiger partial charge in [-0.15, -0.1) is 10.2 Å². The number of fused-ring (bicyclic) bond motifs is 3. The van der Waals surface area contributed by atoms with Crippen LogP contribution in [0.3, 0.4) is 0 Å². The van der Waals surface area contributed by atoms with Crippen LogP contribution in [0.25, 0.3) is 16.7 Å². The summed E-state index contributed by atoms with van der Waals surface area (Å²) >= 11 is 6.02. The van der Waals surface area contributed by atoms with Gasteiger partial charge in [0.1, 0.15) is 11.6 Å². The van der Waals surface area contributed by atoms with Crippen LogP contribution in [0.5, 0.6) is 5.75 Å². The van der Waals surface area contributed by atoms with Crippen molar-refractivity contribution < 1.29 is 9.53 Å². The molecule has 0 spiro atoms. The fourth-order valence-corrected chi connectivity index (χ4v) is 4.17. The molecule has 0 saturated carbocycles. The Kier molecular flexibility index (Phi) is 6.20. The van der Waals surface area contributed by atoms with Crippen LogP contribution in [0.1, 0.15) is 17.8 Å². The second kappa shape index (κ2) is 9.60. The van der Waals surface area contributed by atoms with Gasteiger partial charge in [-0.1, -0.05) is 41.9 Å². The van der Waals surface area contributed by atoms with Gasteiger partial charge in [0.05, 0.1) is 24.6 Å². The summed E-state index contributed by atoms with van der Waals surface area (Å²) in [6.07, 6.45) is 0.544. The number of ether oxygens (including phenoxy) is 1. The van der Waals surface area contributed by atoms with Crippen molar-refractivity contribution in [1.82, 2.24) is 19.2 Å². The third-order valence-electron chi connectivity index (χ3n) is 5.76. The predicted octanol–water partition coefficient (Wildman–Crippen LogP) is 4.33. The highest BCUT2D eigenvalue weighted by Crippen LogP contribution is 2.19. The van der Waals surface area contributed by atoms with Crippen molar-refractivity contribution in [2.75, 3.05) is 12.4 Å². The van der Waals surface area contributed by atoms with Gasteiger partial charge in [0, 0.05) is 29.6 Å². The van der Waals surface area contributed by atoms with E-state index in [1.165, 1.54) is 0 Å². The summed E-state index contributed by atoms with van der Waals surface area (Å²) < 4.78 is 8.65. The molecule has 5 aromatic rings. The average Bonchev–Trinajstić information content (AvgIpc) is 3.30. The van der Waals surface area contributed by atoms with E-state index < -0.39 is 0 Å². The summed E-state index contributed by atoms with van der Waals surface area (Å²) in [4.78, 5) is 25.9. The molecule has 0 aliphatic heterocycles. The van der Waals surface area contributed by atoms with E-state index in [0.29, 0.717) is 51.9 Å². The van der Waals surface area contributed by atoms with Gasteiger partial charge in [-0.2, -0.15) is 0 Å². The molecule has 0 saturated heterocycles. The summed E-state index contributed by atoms with van der Waals surface area (Å²) in [5.74, 6) is 1.53. The van der Waals surface area contributed by atoms with Crippen molar-refractivity contribution in [3.63, 3.8) is 0 Å². The lowest BCUT2D eigenvalue weighted by atomic mass is 10.2. The van der Waals surface area contributed by atoms with Gasteiger partial charge in [-0.05, 0) is 42.0 Å². The standard InChI is InChI=1S/C26H22ClN5O3/c1-35-20-6-4-5-19(15-20)28-24(33)14-13-23-29-30-26-31(16-17-9-11-18(27)12-10-17)25(34)21-7-2-3-8-22(21)32(23)26/h2-12,15H,13-14,16H2,1H3,(H,28,33). The topological polar surface area (TPSA) is 90.5 Å². The molecule has 2 aromatic heterocycles. The number of carbonyl (C=O) groups is 1. The number of amides is 1. The van der Waals surface area contributed by atoms with E-state index in [9.17, 15) is 9.59 Å². The van der Waals surface area contributed by atoms with Crippen LogP contribution in [0.2, 0.25) is 5.02 Å². The highest BCUT2D eigenvalue weighted by Gasteiger charge is 2.17. The third kappa shape index (κ3) is 4.61. The Morgan fingerprint density at radius 2 is 1.83 bits per heavy atom. The van der Waals surface area contributed by atoms with E-state index in [0.717, 1.165) is 5.56 Å². The largest absolute Gasteiger partial charge is 0.497 e. The number of anilines is 1. The first kappa shape index (κ1) is 22.6. The Bertz CT molecular complexity index is 1590. The molecule has 3 aromatic carbocycles. The van der Waals surface area contributed by atoms with Crippen molar-refractivity contribution in [3.05, 3.63) is 99.6 Å². The summed E-state index contributed by atoms with van der Waals surface area (Å²) in [7, 11) is 1.58. The zero-order chi connectivity index (χ0) is 24.4. The van der Waals surface area contributed by atoms with Crippen LogP contribution in [0.15, 0.2) is 77.6 Å². The van der Waals surface area contributed by atoms with E-state index in [-0.39, 0.29) is 17.9 Å². The lowest BCUT2D eigenvalue weighted by Crippen LogP contribution is -2.24. The lowest BCUT2D eigenvalue weighted by molar-refractivity contribution is -0.116. The number of benzene rings is 3. The summed E-state index contributed by atoms with van der Waals surface area (Å²) in [6.45, 7) is 0.318. The number of rotatable bonds is 7. The second-order valence-corrected chi connectivity index (χ2v) is 8.50. The zero-order valence-electron chi connectivity index (χ0n) is 18.9. The van der Waals surface area contributed by atoms with E-state index in [2.05, 4.69) is 15.5 Å². The number of methoxy groups -OCH3 is 1. The Labute approximate surface area is 205 Å². The highest BCUT2D eigenvalue weighted by molar-refractivity contribution is 6.30. The van der Waals surface area contributed by atoms with Gasteiger partial charge in [0.15, 0.2) is 0 Å².